The Balaban J connectivity index is 2.14. The van der Waals surface area contributed by atoms with Crippen molar-refractivity contribution in [2.24, 2.45) is 11.5 Å². The first kappa shape index (κ1) is 5.37. The van der Waals surface area contributed by atoms with Gasteiger partial charge in [0.05, 0.1) is 0 Å². The zero-order chi connectivity index (χ0) is 6.15. The lowest BCUT2D eigenvalue weighted by molar-refractivity contribution is 0.147. The molecule has 4 heteroatoms. The Hall–Kier alpha value is -0.770. The van der Waals surface area contributed by atoms with E-state index in [0.717, 1.165) is 6.42 Å². The Labute approximate surface area is 46.8 Å². The summed E-state index contributed by atoms with van der Waals surface area (Å²) in [4.78, 5) is 9.94. The second kappa shape index (κ2) is 1.63. The van der Waals surface area contributed by atoms with Gasteiger partial charge < -0.3 is 16.2 Å². The molecule has 1 rings (SSSR count). The van der Waals surface area contributed by atoms with Crippen molar-refractivity contribution < 1.29 is 9.53 Å². The van der Waals surface area contributed by atoms with Crippen LogP contribution in [-0.4, -0.2) is 18.2 Å². The molecular weight excluding hydrogens is 108 g/mol. The second-order valence-electron chi connectivity index (χ2n) is 1.87. The fourth-order valence-electron chi connectivity index (χ4n) is 0.474. The van der Waals surface area contributed by atoms with Crippen LogP contribution in [0.25, 0.3) is 0 Å². The molecule has 0 saturated heterocycles. The topological polar surface area (TPSA) is 78.3 Å². The number of amides is 1. The monoisotopic (exact) mass is 116 g/mol. The molecule has 4 N–H and O–H groups in total. The molecule has 1 fully saturated rings. The van der Waals surface area contributed by atoms with E-state index in [0.29, 0.717) is 0 Å². The summed E-state index contributed by atoms with van der Waals surface area (Å²) in [6.07, 6.45) is -0.0846. The molecule has 0 bridgehead atoms. The van der Waals surface area contributed by atoms with E-state index in [9.17, 15) is 4.79 Å². The van der Waals surface area contributed by atoms with E-state index in [1.165, 1.54) is 0 Å². The van der Waals surface area contributed by atoms with Crippen LogP contribution in [0, 0.1) is 0 Å². The maximum absolute atomic E-state index is 9.94. The van der Waals surface area contributed by atoms with Crippen molar-refractivity contribution in [2.75, 3.05) is 0 Å². The molecule has 1 aliphatic rings. The third-order valence-corrected chi connectivity index (χ3v) is 1.05. The van der Waals surface area contributed by atoms with Gasteiger partial charge >= 0.3 is 6.09 Å². The number of ether oxygens (including phenoxy) is 1. The number of carbonyl (C=O) groups excluding carboxylic acids is 1. The Morgan fingerprint density at radius 2 is 2.25 bits per heavy atom. The molecule has 1 amide bonds. The fourth-order valence-corrected chi connectivity index (χ4v) is 0.474. The van der Waals surface area contributed by atoms with Gasteiger partial charge in [-0.3, -0.25) is 0 Å². The summed E-state index contributed by atoms with van der Waals surface area (Å²) in [6, 6.07) is 0.0301. The van der Waals surface area contributed by atoms with E-state index in [2.05, 4.69) is 10.5 Å². The van der Waals surface area contributed by atoms with Gasteiger partial charge in [0.2, 0.25) is 0 Å². The van der Waals surface area contributed by atoms with E-state index in [1.807, 2.05) is 0 Å². The number of primary amides is 1. The molecule has 1 saturated carbocycles. The first-order valence-electron chi connectivity index (χ1n) is 2.42. The summed E-state index contributed by atoms with van der Waals surface area (Å²) in [5.41, 5.74) is 9.96. The van der Waals surface area contributed by atoms with Gasteiger partial charge in [-0.25, -0.2) is 4.79 Å². The Morgan fingerprint density at radius 1 is 1.75 bits per heavy atom. The van der Waals surface area contributed by atoms with Crippen molar-refractivity contribution in [3.63, 3.8) is 0 Å². The molecule has 0 aromatic rings. The average Bonchev–Trinajstić information content (AvgIpc) is 2.17. The number of hydrogen-bond acceptors (Lipinski definition) is 3. The van der Waals surface area contributed by atoms with Crippen molar-refractivity contribution in [2.45, 2.75) is 18.6 Å². The van der Waals surface area contributed by atoms with Crippen molar-refractivity contribution in [3.8, 4) is 0 Å². The molecule has 0 aliphatic heterocycles. The minimum absolute atomic E-state index is 0.0301. The number of nitrogens with two attached hydrogens (primary N) is 2. The summed E-state index contributed by atoms with van der Waals surface area (Å²) >= 11 is 0. The maximum atomic E-state index is 9.94. The smallest absolute Gasteiger partial charge is 0.404 e. The van der Waals surface area contributed by atoms with E-state index in [-0.39, 0.29) is 12.1 Å². The van der Waals surface area contributed by atoms with Crippen LogP contribution in [-0.2, 0) is 4.74 Å². The van der Waals surface area contributed by atoms with Gasteiger partial charge in [0, 0.05) is 12.5 Å². The average molecular weight is 116 g/mol. The van der Waals surface area contributed by atoms with Crippen LogP contribution < -0.4 is 11.5 Å². The van der Waals surface area contributed by atoms with Crippen molar-refractivity contribution in [1.29, 1.82) is 0 Å². The van der Waals surface area contributed by atoms with E-state index >= 15 is 0 Å². The largest absolute Gasteiger partial charge is 0.445 e. The summed E-state index contributed by atoms with van der Waals surface area (Å²) in [7, 11) is 0. The quantitative estimate of drug-likeness (QED) is 0.470. The molecule has 2 atom stereocenters. The van der Waals surface area contributed by atoms with Crippen LogP contribution in [0.15, 0.2) is 0 Å². The SMILES string of the molecule is NC(=O)O[C@@H]1C[C@@H]1N. The zero-order valence-corrected chi connectivity index (χ0v) is 4.33. The van der Waals surface area contributed by atoms with E-state index in [4.69, 9.17) is 5.73 Å². The zero-order valence-electron chi connectivity index (χ0n) is 4.33. The lowest BCUT2D eigenvalue weighted by atomic mass is 10.7. The van der Waals surface area contributed by atoms with Gasteiger partial charge in [-0.2, -0.15) is 0 Å². The molecule has 0 aromatic heterocycles. The molecule has 8 heavy (non-hydrogen) atoms. The van der Waals surface area contributed by atoms with Gasteiger partial charge in [-0.05, 0) is 0 Å². The highest BCUT2D eigenvalue weighted by Crippen LogP contribution is 2.21. The molecule has 46 valence electrons. The summed E-state index contributed by atoms with van der Waals surface area (Å²) in [5, 5.41) is 0. The highest BCUT2D eigenvalue weighted by Gasteiger charge is 2.36. The molecular formula is C4H8N2O2. The van der Waals surface area contributed by atoms with Crippen molar-refractivity contribution in [3.05, 3.63) is 0 Å². The highest BCUT2D eigenvalue weighted by molar-refractivity contribution is 5.65. The number of rotatable bonds is 1. The maximum Gasteiger partial charge on any atom is 0.404 e. The Morgan fingerprint density at radius 3 is 2.38 bits per heavy atom. The van der Waals surface area contributed by atoms with Crippen molar-refractivity contribution in [1.82, 2.24) is 0 Å². The normalized spacial score (nSPS) is 34.1. The third-order valence-electron chi connectivity index (χ3n) is 1.05. The third kappa shape index (κ3) is 1.10. The van der Waals surface area contributed by atoms with Gasteiger partial charge in [-0.15, -0.1) is 0 Å². The van der Waals surface area contributed by atoms with Crippen LogP contribution in [0.1, 0.15) is 6.42 Å². The lowest BCUT2D eigenvalue weighted by Gasteiger charge is -1.94. The molecule has 0 aromatic carbocycles. The number of hydrogen-bond donors (Lipinski definition) is 2. The van der Waals surface area contributed by atoms with E-state index in [1.54, 1.807) is 0 Å². The fraction of sp³-hybridized carbons (Fsp3) is 0.750. The molecule has 0 heterocycles. The first-order chi connectivity index (χ1) is 3.70. The standard InChI is InChI=1S/C4H8N2O2/c5-2-1-3(2)8-4(6)7/h2-3H,1,5H2,(H2,6,7)/t2-,3+/m0/s1. The minimum Gasteiger partial charge on any atom is -0.445 e. The molecule has 0 spiro atoms. The van der Waals surface area contributed by atoms with E-state index < -0.39 is 6.09 Å². The van der Waals surface area contributed by atoms with Crippen molar-refractivity contribution >= 4 is 6.09 Å². The van der Waals surface area contributed by atoms with Gasteiger partial charge in [0.15, 0.2) is 0 Å². The second-order valence-corrected chi connectivity index (χ2v) is 1.87. The minimum atomic E-state index is -0.733. The van der Waals surface area contributed by atoms with Gasteiger partial charge in [0.25, 0.3) is 0 Å². The first-order valence-corrected chi connectivity index (χ1v) is 2.42. The van der Waals surface area contributed by atoms with Crippen LogP contribution in [0.3, 0.4) is 0 Å². The Bertz CT molecular complexity index is 115. The highest BCUT2D eigenvalue weighted by atomic mass is 16.6. The van der Waals surface area contributed by atoms with Crippen LogP contribution in [0.2, 0.25) is 0 Å². The van der Waals surface area contributed by atoms with Crippen LogP contribution in [0.4, 0.5) is 4.79 Å². The lowest BCUT2D eigenvalue weighted by Crippen LogP contribution is -2.18. The molecule has 0 unspecified atom stereocenters. The predicted molar refractivity (Wildman–Crippen MR) is 27.0 cm³/mol. The summed E-state index contributed by atoms with van der Waals surface area (Å²) in [6.45, 7) is 0. The van der Waals surface area contributed by atoms with Gasteiger partial charge in [-0.1, -0.05) is 0 Å². The molecule has 4 nitrogen and oxygen atoms in total. The summed E-state index contributed by atoms with van der Waals surface area (Å²) in [5.74, 6) is 0. The Kier molecular flexibility index (Phi) is 1.09. The summed E-state index contributed by atoms with van der Waals surface area (Å²) < 4.78 is 4.49. The number of carbonyl (C=O) groups is 1. The predicted octanol–water partition coefficient (Wildman–Crippen LogP) is -0.819. The van der Waals surface area contributed by atoms with Crippen LogP contribution >= 0.6 is 0 Å². The molecule has 0 radical (unpaired) electrons. The van der Waals surface area contributed by atoms with Gasteiger partial charge in [0.1, 0.15) is 6.10 Å². The van der Waals surface area contributed by atoms with Crippen LogP contribution in [0.5, 0.6) is 0 Å². The molecule has 1 aliphatic carbocycles.